The third-order valence-corrected chi connectivity index (χ3v) is 6.93. The fourth-order valence-corrected chi connectivity index (χ4v) is 5.17. The summed E-state index contributed by atoms with van der Waals surface area (Å²) < 4.78 is 13.3. The number of nitrogens with one attached hydrogen (secondary N) is 1. The number of aromatic amines is 1. The van der Waals surface area contributed by atoms with E-state index in [4.69, 9.17) is 16.6 Å². The molecule has 0 unspecified atom stereocenters. The van der Waals surface area contributed by atoms with E-state index in [-0.39, 0.29) is 11.4 Å². The lowest BCUT2D eigenvalue weighted by Crippen LogP contribution is -2.45. The normalized spacial score (nSPS) is 15.4. The molecule has 32 heavy (non-hydrogen) atoms. The van der Waals surface area contributed by atoms with Crippen LogP contribution in [0.4, 0.5) is 4.39 Å². The molecule has 0 bridgehead atoms. The van der Waals surface area contributed by atoms with Crippen LogP contribution in [0.25, 0.3) is 21.3 Å². The standard InChI is InChI=1S/C24H22ClFN4OS/c25-18-5-1-16(2-6-18)13-29-9-11-30(12-10-29)14-21-27-23(31)22-20(15-32-24(22)28-21)17-3-7-19(26)8-4-17/h1-8,15H,9-14H2,(H,27,28,31). The van der Waals surface area contributed by atoms with E-state index in [1.807, 2.05) is 17.5 Å². The molecule has 1 fully saturated rings. The van der Waals surface area contributed by atoms with Gasteiger partial charge in [0.15, 0.2) is 0 Å². The summed E-state index contributed by atoms with van der Waals surface area (Å²) in [6, 6.07) is 14.2. The van der Waals surface area contributed by atoms with Crippen molar-refractivity contribution in [3.8, 4) is 11.1 Å². The molecule has 5 rings (SSSR count). The number of benzene rings is 2. The van der Waals surface area contributed by atoms with Crippen molar-refractivity contribution in [2.75, 3.05) is 26.2 Å². The largest absolute Gasteiger partial charge is 0.309 e. The lowest BCUT2D eigenvalue weighted by Gasteiger charge is -2.34. The third kappa shape index (κ3) is 4.61. The minimum Gasteiger partial charge on any atom is -0.309 e. The van der Waals surface area contributed by atoms with E-state index in [0.717, 1.165) is 48.9 Å². The molecule has 0 amide bonds. The van der Waals surface area contributed by atoms with Gasteiger partial charge in [0.2, 0.25) is 0 Å². The number of nitrogens with zero attached hydrogens (tertiary/aromatic N) is 3. The minimum absolute atomic E-state index is 0.146. The first-order valence-corrected chi connectivity index (χ1v) is 11.8. The Bertz CT molecular complexity index is 1280. The van der Waals surface area contributed by atoms with Gasteiger partial charge in [0, 0.05) is 48.7 Å². The first-order valence-electron chi connectivity index (χ1n) is 10.5. The Morgan fingerprint density at radius 3 is 2.31 bits per heavy atom. The van der Waals surface area contributed by atoms with Gasteiger partial charge in [-0.25, -0.2) is 9.37 Å². The van der Waals surface area contributed by atoms with Crippen LogP contribution in [0.2, 0.25) is 5.02 Å². The molecular formula is C24H22ClFN4OS. The quantitative estimate of drug-likeness (QED) is 0.458. The molecule has 1 aliphatic rings. The van der Waals surface area contributed by atoms with Crippen molar-refractivity contribution in [2.45, 2.75) is 13.1 Å². The molecule has 0 radical (unpaired) electrons. The molecule has 1 aliphatic heterocycles. The zero-order valence-electron chi connectivity index (χ0n) is 17.4. The predicted molar refractivity (Wildman–Crippen MR) is 128 cm³/mol. The van der Waals surface area contributed by atoms with Crippen molar-refractivity contribution in [1.82, 2.24) is 19.8 Å². The summed E-state index contributed by atoms with van der Waals surface area (Å²) in [5.74, 6) is 0.386. The molecule has 1 N–H and O–H groups in total. The van der Waals surface area contributed by atoms with Gasteiger partial charge in [0.1, 0.15) is 16.5 Å². The Morgan fingerprint density at radius 1 is 0.969 bits per heavy atom. The van der Waals surface area contributed by atoms with E-state index in [9.17, 15) is 9.18 Å². The molecule has 0 aliphatic carbocycles. The zero-order chi connectivity index (χ0) is 22.1. The first kappa shape index (κ1) is 21.3. The Morgan fingerprint density at radius 2 is 1.62 bits per heavy atom. The molecule has 4 aromatic rings. The highest BCUT2D eigenvalue weighted by Crippen LogP contribution is 2.30. The lowest BCUT2D eigenvalue weighted by atomic mass is 10.1. The highest BCUT2D eigenvalue weighted by Gasteiger charge is 2.19. The molecule has 0 atom stereocenters. The minimum atomic E-state index is -0.295. The molecule has 8 heteroatoms. The summed E-state index contributed by atoms with van der Waals surface area (Å²) in [6.45, 7) is 5.28. The number of halogens is 2. The van der Waals surface area contributed by atoms with Gasteiger partial charge in [-0.15, -0.1) is 11.3 Å². The van der Waals surface area contributed by atoms with Crippen molar-refractivity contribution in [1.29, 1.82) is 0 Å². The Labute approximate surface area is 194 Å². The van der Waals surface area contributed by atoms with Crippen LogP contribution in [0.3, 0.4) is 0 Å². The smallest absolute Gasteiger partial charge is 0.260 e. The van der Waals surface area contributed by atoms with E-state index < -0.39 is 0 Å². The van der Waals surface area contributed by atoms with E-state index >= 15 is 0 Å². The third-order valence-electron chi connectivity index (χ3n) is 5.81. The van der Waals surface area contributed by atoms with Crippen LogP contribution in [-0.2, 0) is 13.1 Å². The van der Waals surface area contributed by atoms with Crippen LogP contribution in [-0.4, -0.2) is 45.9 Å². The zero-order valence-corrected chi connectivity index (χ0v) is 18.9. The number of H-pyrrole nitrogens is 1. The Balaban J connectivity index is 1.26. The van der Waals surface area contributed by atoms with Crippen LogP contribution < -0.4 is 5.56 Å². The van der Waals surface area contributed by atoms with Crippen molar-refractivity contribution < 1.29 is 4.39 Å². The summed E-state index contributed by atoms with van der Waals surface area (Å²) in [7, 11) is 0. The molecular weight excluding hydrogens is 447 g/mol. The van der Waals surface area contributed by atoms with Crippen molar-refractivity contribution >= 4 is 33.2 Å². The van der Waals surface area contributed by atoms with Gasteiger partial charge >= 0.3 is 0 Å². The SMILES string of the molecule is O=c1[nH]c(CN2CCN(Cc3ccc(Cl)cc3)CC2)nc2scc(-c3ccc(F)cc3)c12. The van der Waals surface area contributed by atoms with Crippen LogP contribution in [0, 0.1) is 5.82 Å². The highest BCUT2D eigenvalue weighted by atomic mass is 35.5. The van der Waals surface area contributed by atoms with Gasteiger partial charge in [-0.1, -0.05) is 35.9 Å². The molecule has 5 nitrogen and oxygen atoms in total. The predicted octanol–water partition coefficient (Wildman–Crippen LogP) is 4.76. The fourth-order valence-electron chi connectivity index (χ4n) is 4.08. The maximum absolute atomic E-state index is 13.3. The molecule has 2 aromatic heterocycles. The van der Waals surface area contributed by atoms with Crippen molar-refractivity contribution in [3.63, 3.8) is 0 Å². The summed E-state index contributed by atoms with van der Waals surface area (Å²) in [5.41, 5.74) is 2.72. The van der Waals surface area contributed by atoms with Crippen LogP contribution in [0.15, 0.2) is 58.7 Å². The second-order valence-corrected chi connectivity index (χ2v) is 9.32. The average Bonchev–Trinajstić information content (AvgIpc) is 3.22. The maximum atomic E-state index is 13.3. The van der Waals surface area contributed by atoms with E-state index in [1.165, 1.54) is 29.0 Å². The summed E-state index contributed by atoms with van der Waals surface area (Å²) in [4.78, 5) is 26.0. The average molecular weight is 469 g/mol. The van der Waals surface area contributed by atoms with Gasteiger partial charge in [-0.2, -0.15) is 0 Å². The van der Waals surface area contributed by atoms with Gasteiger partial charge in [-0.05, 0) is 35.4 Å². The number of aromatic nitrogens is 2. The lowest BCUT2D eigenvalue weighted by molar-refractivity contribution is 0.120. The van der Waals surface area contributed by atoms with Crippen LogP contribution in [0.1, 0.15) is 11.4 Å². The maximum Gasteiger partial charge on any atom is 0.260 e. The van der Waals surface area contributed by atoms with Crippen molar-refractivity contribution in [3.05, 3.63) is 86.5 Å². The second-order valence-electron chi connectivity index (χ2n) is 8.03. The fraction of sp³-hybridized carbons (Fsp3) is 0.250. The molecule has 2 aromatic carbocycles. The van der Waals surface area contributed by atoms with E-state index in [1.54, 1.807) is 12.1 Å². The van der Waals surface area contributed by atoms with Crippen molar-refractivity contribution in [2.24, 2.45) is 0 Å². The van der Waals surface area contributed by atoms with E-state index in [2.05, 4.69) is 26.9 Å². The second kappa shape index (κ2) is 9.11. The summed E-state index contributed by atoms with van der Waals surface area (Å²) >= 11 is 7.42. The van der Waals surface area contributed by atoms with Gasteiger partial charge in [0.05, 0.1) is 11.9 Å². The summed E-state index contributed by atoms with van der Waals surface area (Å²) in [5, 5.41) is 3.24. The molecule has 3 heterocycles. The number of hydrogen-bond acceptors (Lipinski definition) is 5. The topological polar surface area (TPSA) is 52.2 Å². The monoisotopic (exact) mass is 468 g/mol. The Kier molecular flexibility index (Phi) is 6.06. The molecule has 164 valence electrons. The number of thiophene rings is 1. The number of hydrogen-bond donors (Lipinski definition) is 1. The number of fused-ring (bicyclic) bond motifs is 1. The molecule has 1 saturated heterocycles. The van der Waals surface area contributed by atoms with Crippen LogP contribution >= 0.6 is 22.9 Å². The Hall–Kier alpha value is -2.58. The van der Waals surface area contributed by atoms with Gasteiger partial charge in [0.25, 0.3) is 5.56 Å². The van der Waals surface area contributed by atoms with Gasteiger partial charge < -0.3 is 4.98 Å². The summed E-state index contributed by atoms with van der Waals surface area (Å²) in [6.07, 6.45) is 0. The molecule has 0 saturated carbocycles. The van der Waals surface area contributed by atoms with E-state index in [0.29, 0.717) is 22.6 Å². The number of rotatable bonds is 5. The van der Waals surface area contributed by atoms with Crippen LogP contribution in [0.5, 0.6) is 0 Å². The van der Waals surface area contributed by atoms with Gasteiger partial charge in [-0.3, -0.25) is 14.6 Å². The first-order chi connectivity index (χ1) is 15.5. The number of piperazine rings is 1. The highest BCUT2D eigenvalue weighted by molar-refractivity contribution is 7.17. The molecule has 0 spiro atoms.